The molecule has 2 aliphatic rings. The minimum atomic E-state index is -1.71. The standard InChI is InChI=1S/C20H37BF3N2/c21-20(24)14-8-16-26(25-15-7-6-13-19(20)23)18-11-3-1-2-9-17(22)10-4-5-12-18/h10,17-19,25H,1-9,11-16,21H2. The predicted molar refractivity (Wildman–Crippen MR) is 105 cm³/mol. The van der Waals surface area contributed by atoms with Crippen molar-refractivity contribution in [1.82, 2.24) is 10.4 Å². The van der Waals surface area contributed by atoms with Crippen molar-refractivity contribution in [2.75, 3.05) is 13.1 Å². The molecule has 2 rings (SSSR count). The largest absolute Gasteiger partial charge is 0.255 e. The second-order valence-corrected chi connectivity index (χ2v) is 8.42. The Bertz CT molecular complexity index is 384. The maximum absolute atomic E-state index is 14.6. The molecule has 1 aliphatic heterocycles. The van der Waals surface area contributed by atoms with Crippen LogP contribution in [0.25, 0.3) is 0 Å². The van der Waals surface area contributed by atoms with Crippen LogP contribution in [0.4, 0.5) is 13.2 Å². The van der Waals surface area contributed by atoms with Crippen molar-refractivity contribution in [2.24, 2.45) is 0 Å². The molecule has 4 atom stereocenters. The van der Waals surface area contributed by atoms with Crippen molar-refractivity contribution in [3.8, 4) is 0 Å². The second kappa shape index (κ2) is 11.6. The maximum Gasteiger partial charge on any atom is 0.154 e. The molecule has 2 fully saturated rings. The molecule has 0 aromatic rings. The third-order valence-corrected chi connectivity index (χ3v) is 6.04. The van der Waals surface area contributed by atoms with Gasteiger partial charge in [0.2, 0.25) is 0 Å². The summed E-state index contributed by atoms with van der Waals surface area (Å²) in [7, 11) is 1.42. The van der Waals surface area contributed by atoms with E-state index in [-0.39, 0.29) is 6.42 Å². The van der Waals surface area contributed by atoms with Gasteiger partial charge >= 0.3 is 0 Å². The fourth-order valence-electron chi connectivity index (χ4n) is 4.24. The van der Waals surface area contributed by atoms with Crippen molar-refractivity contribution in [2.45, 2.75) is 107 Å². The molecule has 1 saturated heterocycles. The molecule has 1 heterocycles. The first-order chi connectivity index (χ1) is 12.5. The molecule has 26 heavy (non-hydrogen) atoms. The number of hydrogen-bond donors (Lipinski definition) is 1. The normalized spacial score (nSPS) is 38.0. The molecule has 1 N–H and O–H groups in total. The van der Waals surface area contributed by atoms with Gasteiger partial charge in [-0.3, -0.25) is 9.82 Å². The number of nitrogens with one attached hydrogen (secondary N) is 1. The van der Waals surface area contributed by atoms with Gasteiger partial charge < -0.3 is 0 Å². The first-order valence-corrected chi connectivity index (χ1v) is 10.8. The fraction of sp³-hybridized carbons (Fsp3) is 0.950. The van der Waals surface area contributed by atoms with E-state index in [0.717, 1.165) is 70.9 Å². The lowest BCUT2D eigenvalue weighted by Crippen LogP contribution is -2.47. The minimum absolute atomic E-state index is 0.274. The van der Waals surface area contributed by atoms with Gasteiger partial charge in [0.15, 0.2) is 7.85 Å². The molecule has 1 radical (unpaired) electrons. The van der Waals surface area contributed by atoms with Crippen LogP contribution < -0.4 is 5.43 Å². The van der Waals surface area contributed by atoms with Gasteiger partial charge in [-0.1, -0.05) is 25.7 Å². The van der Waals surface area contributed by atoms with Crippen LogP contribution in [-0.2, 0) is 0 Å². The Morgan fingerprint density at radius 2 is 1.65 bits per heavy atom. The smallest absolute Gasteiger partial charge is 0.154 e. The lowest BCUT2D eigenvalue weighted by molar-refractivity contribution is 0.0860. The number of nitrogens with zero attached hydrogens (tertiary/aromatic N) is 1. The zero-order valence-corrected chi connectivity index (χ0v) is 16.5. The second-order valence-electron chi connectivity index (χ2n) is 8.42. The van der Waals surface area contributed by atoms with Gasteiger partial charge in [-0.05, 0) is 64.2 Å². The highest BCUT2D eigenvalue weighted by Gasteiger charge is 2.34. The Morgan fingerprint density at radius 1 is 0.923 bits per heavy atom. The van der Waals surface area contributed by atoms with Gasteiger partial charge in [0, 0.05) is 19.1 Å². The van der Waals surface area contributed by atoms with Crippen LogP contribution in [-0.4, -0.2) is 49.9 Å². The van der Waals surface area contributed by atoms with Gasteiger partial charge in [0.1, 0.15) is 17.9 Å². The Kier molecular flexibility index (Phi) is 9.83. The Hall–Kier alpha value is -0.225. The molecule has 0 aromatic heterocycles. The summed E-state index contributed by atoms with van der Waals surface area (Å²) < 4.78 is 42.4. The summed E-state index contributed by atoms with van der Waals surface area (Å²) in [5.41, 5.74) is 1.83. The molecule has 1 saturated carbocycles. The van der Waals surface area contributed by atoms with Crippen LogP contribution in [0, 0.1) is 6.42 Å². The molecule has 151 valence electrons. The number of hydrazine groups is 1. The van der Waals surface area contributed by atoms with Gasteiger partial charge in [0.25, 0.3) is 0 Å². The summed E-state index contributed by atoms with van der Waals surface area (Å²) in [4.78, 5) is 0. The van der Waals surface area contributed by atoms with Gasteiger partial charge in [0.05, 0.1) is 0 Å². The van der Waals surface area contributed by atoms with E-state index in [1.54, 1.807) is 0 Å². The van der Waals surface area contributed by atoms with E-state index in [1.165, 1.54) is 7.85 Å². The lowest BCUT2D eigenvalue weighted by Gasteiger charge is -2.33. The molecule has 4 unspecified atom stereocenters. The van der Waals surface area contributed by atoms with Crippen LogP contribution in [0.15, 0.2) is 0 Å². The van der Waals surface area contributed by atoms with Gasteiger partial charge in [-0.15, -0.1) is 0 Å². The summed E-state index contributed by atoms with van der Waals surface area (Å²) in [5, 5.41) is 2.29. The van der Waals surface area contributed by atoms with Crippen molar-refractivity contribution >= 4 is 7.85 Å². The first-order valence-electron chi connectivity index (χ1n) is 10.8. The molecule has 0 amide bonds. The SMILES string of the molecule is BC1(F)CCCN(C2CCC[CH]C(F)CCCCC2)NCCCCC1F. The molecule has 0 bridgehead atoms. The van der Waals surface area contributed by atoms with Crippen LogP contribution in [0.2, 0.25) is 0 Å². The average Bonchev–Trinajstić information content (AvgIpc) is 2.66. The summed E-state index contributed by atoms with van der Waals surface area (Å²) in [5.74, 6) is 0. The fourth-order valence-corrected chi connectivity index (χ4v) is 4.24. The molecule has 0 aromatic carbocycles. The number of halogens is 3. The van der Waals surface area contributed by atoms with E-state index >= 15 is 0 Å². The average molecular weight is 373 g/mol. The minimum Gasteiger partial charge on any atom is -0.255 e. The van der Waals surface area contributed by atoms with Crippen LogP contribution in [0.3, 0.4) is 0 Å². The quantitative estimate of drug-likeness (QED) is 0.684. The van der Waals surface area contributed by atoms with Gasteiger partial charge in [-0.25, -0.2) is 13.8 Å². The Labute approximate surface area is 159 Å². The molecule has 1 aliphatic carbocycles. The lowest BCUT2D eigenvalue weighted by atomic mass is 9.74. The predicted octanol–water partition coefficient (Wildman–Crippen LogP) is 4.44. The van der Waals surface area contributed by atoms with E-state index in [2.05, 4.69) is 10.4 Å². The van der Waals surface area contributed by atoms with Crippen LogP contribution in [0.5, 0.6) is 0 Å². The van der Waals surface area contributed by atoms with E-state index in [4.69, 9.17) is 0 Å². The molecular formula is C20H37BF3N2. The number of rotatable bonds is 1. The monoisotopic (exact) mass is 373 g/mol. The third kappa shape index (κ3) is 7.79. The van der Waals surface area contributed by atoms with E-state index in [0.29, 0.717) is 25.3 Å². The number of hydrogen-bond acceptors (Lipinski definition) is 2. The van der Waals surface area contributed by atoms with Crippen LogP contribution in [0.1, 0.15) is 83.5 Å². The van der Waals surface area contributed by atoms with Crippen molar-refractivity contribution in [1.29, 1.82) is 0 Å². The van der Waals surface area contributed by atoms with E-state index < -0.39 is 17.9 Å². The highest BCUT2D eigenvalue weighted by atomic mass is 19.2. The van der Waals surface area contributed by atoms with Crippen LogP contribution >= 0.6 is 0 Å². The van der Waals surface area contributed by atoms with E-state index in [9.17, 15) is 13.2 Å². The first kappa shape index (κ1) is 22.1. The summed E-state index contributed by atoms with van der Waals surface area (Å²) in [6.45, 7) is 1.58. The topological polar surface area (TPSA) is 15.3 Å². The Balaban J connectivity index is 1.93. The zero-order chi connectivity index (χ0) is 18.8. The molecule has 6 heteroatoms. The van der Waals surface area contributed by atoms with E-state index in [1.807, 2.05) is 6.42 Å². The zero-order valence-electron chi connectivity index (χ0n) is 16.5. The van der Waals surface area contributed by atoms with Crippen molar-refractivity contribution in [3.63, 3.8) is 0 Å². The summed E-state index contributed by atoms with van der Waals surface area (Å²) in [6.07, 6.45) is 10.3. The Morgan fingerprint density at radius 3 is 2.50 bits per heavy atom. The highest BCUT2D eigenvalue weighted by Crippen LogP contribution is 2.27. The van der Waals surface area contributed by atoms with Gasteiger partial charge in [-0.2, -0.15) is 0 Å². The number of alkyl halides is 3. The summed E-state index contributed by atoms with van der Waals surface area (Å²) >= 11 is 0. The molecule has 2 nitrogen and oxygen atoms in total. The summed E-state index contributed by atoms with van der Waals surface area (Å²) in [6, 6.07) is 0.410. The molecule has 0 spiro atoms. The third-order valence-electron chi connectivity index (χ3n) is 6.04. The highest BCUT2D eigenvalue weighted by molar-refractivity contribution is 6.14. The van der Waals surface area contributed by atoms with Crippen molar-refractivity contribution < 1.29 is 13.2 Å². The van der Waals surface area contributed by atoms with Crippen molar-refractivity contribution in [3.05, 3.63) is 6.42 Å². The molecular weight excluding hydrogens is 336 g/mol. The maximum atomic E-state index is 14.6.